The summed E-state index contributed by atoms with van der Waals surface area (Å²) in [7, 11) is 2.59. The van der Waals surface area contributed by atoms with Crippen LogP contribution in [0.3, 0.4) is 0 Å². The van der Waals surface area contributed by atoms with Crippen LogP contribution < -0.4 is 10.6 Å². The monoisotopic (exact) mass is 856 g/mol. The molecule has 2 saturated heterocycles. The standard InChI is InChI=1S/C47H56N10O6/c1-24(2)38(52-46(60)62-5)44(58)56-19-7-9-34(56)42-48-23-33(51-42)26-11-13-27(14-12-26)40-36-28-15-16-29(21-28)37(36)41(55-54-40)30-17-18-31-32(22-30)50-43(49-31)35-10-8-20-57(35)45(59)39(25(3)4)53-47(61)63-6/h11-14,17-18,22-25,28-29,34-35,38-39H,7-10,15-16,19-21H2,1-6H3,(H,48,51)(H,49,50)(H,52,60)(H,53,61). The Morgan fingerprint density at radius 1 is 0.683 bits per heavy atom. The second-order valence-corrected chi connectivity index (χ2v) is 18.1. The molecule has 1 saturated carbocycles. The van der Waals surface area contributed by atoms with Crippen LogP contribution in [0.15, 0.2) is 48.7 Å². The smallest absolute Gasteiger partial charge is 0.407 e. The Morgan fingerprint density at radius 3 is 1.76 bits per heavy atom. The molecule has 63 heavy (non-hydrogen) atoms. The molecule has 16 heteroatoms. The first-order valence-corrected chi connectivity index (χ1v) is 22.3. The number of imidazole rings is 2. The number of hydrogen-bond acceptors (Lipinski definition) is 10. The molecule has 6 unspecified atom stereocenters. The first-order valence-electron chi connectivity index (χ1n) is 22.3. The zero-order valence-electron chi connectivity index (χ0n) is 36.7. The van der Waals surface area contributed by atoms with Crippen LogP contribution in [0.2, 0.25) is 0 Å². The average Bonchev–Trinajstić information content (AvgIpc) is 4.16. The van der Waals surface area contributed by atoms with Crippen molar-refractivity contribution in [3.8, 4) is 33.8 Å². The van der Waals surface area contributed by atoms with Gasteiger partial charge in [-0.3, -0.25) is 9.59 Å². The molecule has 4 aliphatic rings. The van der Waals surface area contributed by atoms with Crippen molar-refractivity contribution in [1.82, 2.24) is 50.6 Å². The molecule has 6 atom stereocenters. The van der Waals surface area contributed by atoms with Crippen LogP contribution in [0.25, 0.3) is 44.8 Å². The summed E-state index contributed by atoms with van der Waals surface area (Å²) in [5, 5.41) is 15.3. The second kappa shape index (κ2) is 17.1. The van der Waals surface area contributed by atoms with Crippen molar-refractivity contribution in [2.24, 2.45) is 11.8 Å². The minimum Gasteiger partial charge on any atom is -0.453 e. The van der Waals surface area contributed by atoms with E-state index in [1.807, 2.05) is 49.8 Å². The van der Waals surface area contributed by atoms with E-state index in [1.165, 1.54) is 25.3 Å². The highest BCUT2D eigenvalue weighted by Crippen LogP contribution is 2.57. The first kappa shape index (κ1) is 42.0. The van der Waals surface area contributed by atoms with Crippen molar-refractivity contribution in [3.05, 3.63) is 71.4 Å². The molecule has 2 bridgehead atoms. The molecule has 2 aliphatic heterocycles. The molecule has 330 valence electrons. The topological polar surface area (TPSA) is 200 Å². The number of ether oxygens (including phenoxy) is 2. The number of rotatable bonds is 11. The molecule has 5 aromatic rings. The number of aromatic nitrogens is 6. The van der Waals surface area contributed by atoms with E-state index in [-0.39, 0.29) is 35.7 Å². The molecule has 2 aromatic carbocycles. The molecule has 4 amide bonds. The quantitative estimate of drug-likeness (QED) is 0.103. The van der Waals surface area contributed by atoms with Crippen LogP contribution >= 0.6 is 0 Å². The van der Waals surface area contributed by atoms with E-state index in [0.29, 0.717) is 24.9 Å². The molecule has 9 rings (SSSR count). The van der Waals surface area contributed by atoms with Crippen molar-refractivity contribution in [2.75, 3.05) is 27.3 Å². The molecule has 0 spiro atoms. The van der Waals surface area contributed by atoms with Gasteiger partial charge in [0.05, 0.1) is 60.6 Å². The van der Waals surface area contributed by atoms with E-state index < -0.39 is 24.3 Å². The maximum absolute atomic E-state index is 13.8. The van der Waals surface area contributed by atoms with E-state index in [9.17, 15) is 19.2 Å². The van der Waals surface area contributed by atoms with Crippen LogP contribution in [0.5, 0.6) is 0 Å². The third-order valence-electron chi connectivity index (χ3n) is 13.6. The Labute approximate surface area is 366 Å². The number of likely N-dealkylation sites (tertiary alicyclic amines) is 2. The highest BCUT2D eigenvalue weighted by atomic mass is 16.5. The molecular formula is C47H56N10O6. The zero-order chi connectivity index (χ0) is 44.1. The summed E-state index contributed by atoms with van der Waals surface area (Å²) in [6, 6.07) is 12.7. The summed E-state index contributed by atoms with van der Waals surface area (Å²) >= 11 is 0. The maximum atomic E-state index is 13.8. The highest BCUT2D eigenvalue weighted by molar-refractivity contribution is 5.88. The SMILES string of the molecule is COC(=O)NC(C(=O)N1CCCC1c1ncc(-c2ccc(-c3nnc(-c4ccc5nc(C6CCCN6C(=O)C(NC(=O)OC)C(C)C)[nH]c5c4)c4c3C3CCC4C3)cc2)[nH]1)C(C)C. The van der Waals surface area contributed by atoms with Crippen LogP contribution in [0.4, 0.5) is 9.59 Å². The van der Waals surface area contributed by atoms with Gasteiger partial charge < -0.3 is 39.9 Å². The lowest BCUT2D eigenvalue weighted by atomic mass is 9.86. The van der Waals surface area contributed by atoms with E-state index in [2.05, 4.69) is 57.0 Å². The lowest BCUT2D eigenvalue weighted by Gasteiger charge is -2.30. The van der Waals surface area contributed by atoms with Gasteiger partial charge in [0.25, 0.3) is 0 Å². The minimum absolute atomic E-state index is 0.112. The van der Waals surface area contributed by atoms with Crippen LogP contribution in [-0.4, -0.2) is 103 Å². The van der Waals surface area contributed by atoms with Crippen molar-refractivity contribution >= 4 is 35.0 Å². The van der Waals surface area contributed by atoms with Crippen molar-refractivity contribution in [3.63, 3.8) is 0 Å². The van der Waals surface area contributed by atoms with Gasteiger partial charge in [0.2, 0.25) is 11.8 Å². The number of hydrogen-bond donors (Lipinski definition) is 4. The molecule has 16 nitrogen and oxygen atoms in total. The van der Waals surface area contributed by atoms with E-state index in [0.717, 1.165) is 101 Å². The summed E-state index contributed by atoms with van der Waals surface area (Å²) in [5.41, 5.74) is 9.93. The zero-order valence-corrected chi connectivity index (χ0v) is 36.7. The number of alkyl carbamates (subject to hydrolysis) is 2. The van der Waals surface area contributed by atoms with Gasteiger partial charge in [-0.15, -0.1) is 10.2 Å². The predicted molar refractivity (Wildman–Crippen MR) is 235 cm³/mol. The molecule has 3 fully saturated rings. The molecule has 0 radical (unpaired) electrons. The fourth-order valence-electron chi connectivity index (χ4n) is 10.4. The molecular weight excluding hydrogens is 801 g/mol. The van der Waals surface area contributed by atoms with Crippen molar-refractivity contribution < 1.29 is 28.7 Å². The largest absolute Gasteiger partial charge is 0.453 e. The van der Waals surface area contributed by atoms with Crippen molar-refractivity contribution in [1.29, 1.82) is 0 Å². The van der Waals surface area contributed by atoms with Gasteiger partial charge in [-0.2, -0.15) is 0 Å². The number of aromatic amines is 2. The highest BCUT2D eigenvalue weighted by Gasteiger charge is 2.43. The Balaban J connectivity index is 0.949. The van der Waals surface area contributed by atoms with Gasteiger partial charge in [-0.25, -0.2) is 19.6 Å². The maximum Gasteiger partial charge on any atom is 0.407 e. The minimum atomic E-state index is -0.702. The Morgan fingerprint density at radius 2 is 1.21 bits per heavy atom. The summed E-state index contributed by atoms with van der Waals surface area (Å²) < 4.78 is 9.59. The number of fused-ring (bicyclic) bond motifs is 6. The first-order chi connectivity index (χ1) is 30.4. The summed E-state index contributed by atoms with van der Waals surface area (Å²) in [4.78, 5) is 71.9. The Kier molecular flexibility index (Phi) is 11.4. The van der Waals surface area contributed by atoms with Crippen LogP contribution in [0, 0.1) is 11.8 Å². The second-order valence-electron chi connectivity index (χ2n) is 18.1. The lowest BCUT2D eigenvalue weighted by molar-refractivity contribution is -0.136. The van der Waals surface area contributed by atoms with Gasteiger partial charge in [0, 0.05) is 24.2 Å². The van der Waals surface area contributed by atoms with Crippen molar-refractivity contribution in [2.45, 2.75) is 109 Å². The average molecular weight is 857 g/mol. The fourth-order valence-corrected chi connectivity index (χ4v) is 10.4. The summed E-state index contributed by atoms with van der Waals surface area (Å²) in [5.74, 6) is 1.79. The number of benzene rings is 2. The summed E-state index contributed by atoms with van der Waals surface area (Å²) in [6.07, 6.45) is 7.16. The Bertz CT molecular complexity index is 2550. The van der Waals surface area contributed by atoms with Crippen LogP contribution in [0.1, 0.15) is 119 Å². The number of amides is 4. The van der Waals surface area contributed by atoms with E-state index >= 15 is 0 Å². The number of methoxy groups -OCH3 is 2. The Hall–Kier alpha value is -6.32. The predicted octanol–water partition coefficient (Wildman–Crippen LogP) is 7.53. The lowest BCUT2D eigenvalue weighted by Crippen LogP contribution is -2.51. The van der Waals surface area contributed by atoms with Gasteiger partial charge >= 0.3 is 12.2 Å². The molecule has 3 aromatic heterocycles. The fraction of sp³-hybridized carbons (Fsp3) is 0.489. The molecule has 4 N–H and O–H groups in total. The summed E-state index contributed by atoms with van der Waals surface area (Å²) in [6.45, 7) is 8.81. The number of nitrogens with one attached hydrogen (secondary N) is 4. The third-order valence-corrected chi connectivity index (χ3v) is 13.6. The van der Waals surface area contributed by atoms with Crippen LogP contribution in [-0.2, 0) is 19.1 Å². The van der Waals surface area contributed by atoms with Gasteiger partial charge in [-0.05, 0) is 97.4 Å². The third kappa shape index (κ3) is 7.77. The number of carbonyl (C=O) groups is 4. The number of nitrogens with zero attached hydrogens (tertiary/aromatic N) is 6. The van der Waals surface area contributed by atoms with Gasteiger partial charge in [-0.1, -0.05) is 58.0 Å². The molecule has 5 heterocycles. The normalized spacial score (nSPS) is 21.3. The molecule has 2 aliphatic carbocycles. The van der Waals surface area contributed by atoms with E-state index in [1.54, 1.807) is 0 Å². The van der Waals surface area contributed by atoms with Gasteiger partial charge in [0.1, 0.15) is 23.7 Å². The van der Waals surface area contributed by atoms with E-state index in [4.69, 9.17) is 29.6 Å². The number of H-pyrrole nitrogens is 2. The van der Waals surface area contributed by atoms with Gasteiger partial charge in [0.15, 0.2) is 0 Å². The number of carbonyl (C=O) groups excluding carboxylic acids is 4.